The quantitative estimate of drug-likeness (QED) is 0.441. The second kappa shape index (κ2) is 8.86. The highest BCUT2D eigenvalue weighted by Crippen LogP contribution is 2.34. The molecule has 2 saturated heterocycles. The van der Waals surface area contributed by atoms with E-state index in [0.29, 0.717) is 43.9 Å². The minimum absolute atomic E-state index is 0.0216. The topological polar surface area (TPSA) is 96.2 Å². The molecule has 0 radical (unpaired) electrons. The van der Waals surface area contributed by atoms with Gasteiger partial charge in [0.25, 0.3) is 11.4 Å². The van der Waals surface area contributed by atoms with Crippen LogP contribution in [0.15, 0.2) is 47.4 Å². The molecule has 2 aromatic heterocycles. The molecular formula is C24H24F3N5O3. The summed E-state index contributed by atoms with van der Waals surface area (Å²) in [6.07, 6.45) is -1.00. The lowest BCUT2D eigenvalue weighted by Crippen LogP contribution is -2.57. The van der Waals surface area contributed by atoms with Crippen molar-refractivity contribution in [3.05, 3.63) is 69.4 Å². The summed E-state index contributed by atoms with van der Waals surface area (Å²) in [6, 6.07) is 9.16. The summed E-state index contributed by atoms with van der Waals surface area (Å²) in [5.74, 6) is 0.186. The molecule has 0 aliphatic carbocycles. The number of anilines is 1. The SMILES string of the molecule is O=C(CCCc1n[nH]c(=O)c2ccccc12)N1C2CCC1CN(c1ccc(C(F)(F)F)c[n+]1[O-])C2. The van der Waals surface area contributed by atoms with Gasteiger partial charge >= 0.3 is 6.18 Å². The van der Waals surface area contributed by atoms with Crippen molar-refractivity contribution in [2.24, 2.45) is 0 Å². The number of fused-ring (bicyclic) bond motifs is 3. The van der Waals surface area contributed by atoms with Gasteiger partial charge in [-0.1, -0.05) is 18.2 Å². The van der Waals surface area contributed by atoms with E-state index < -0.39 is 11.7 Å². The third-order valence-electron chi connectivity index (χ3n) is 6.89. The average Bonchev–Trinajstić information content (AvgIpc) is 3.09. The van der Waals surface area contributed by atoms with Gasteiger partial charge in [0.2, 0.25) is 5.91 Å². The van der Waals surface area contributed by atoms with E-state index in [-0.39, 0.29) is 34.1 Å². The number of nitrogens with one attached hydrogen (secondary N) is 1. The Labute approximate surface area is 198 Å². The van der Waals surface area contributed by atoms with Gasteiger partial charge in [0, 0.05) is 17.9 Å². The van der Waals surface area contributed by atoms with Crippen LogP contribution < -0.4 is 15.2 Å². The molecule has 1 amide bonds. The van der Waals surface area contributed by atoms with Gasteiger partial charge in [-0.15, -0.1) is 0 Å². The van der Waals surface area contributed by atoms with E-state index in [9.17, 15) is 28.0 Å². The Balaban J connectivity index is 1.23. The Bertz CT molecular complexity index is 1310. The highest BCUT2D eigenvalue weighted by Gasteiger charge is 2.46. The molecule has 35 heavy (non-hydrogen) atoms. The molecule has 2 aliphatic rings. The molecule has 2 atom stereocenters. The van der Waals surface area contributed by atoms with E-state index in [1.165, 1.54) is 6.07 Å². The van der Waals surface area contributed by atoms with Crippen LogP contribution in [-0.4, -0.2) is 46.2 Å². The van der Waals surface area contributed by atoms with Crippen LogP contribution in [0, 0.1) is 5.21 Å². The highest BCUT2D eigenvalue weighted by atomic mass is 19.4. The summed E-state index contributed by atoms with van der Waals surface area (Å²) in [5, 5.41) is 20.3. The smallest absolute Gasteiger partial charge is 0.419 e. The molecule has 2 unspecified atom stereocenters. The van der Waals surface area contributed by atoms with E-state index in [1.54, 1.807) is 17.0 Å². The molecule has 11 heteroatoms. The minimum Gasteiger partial charge on any atom is -0.711 e. The van der Waals surface area contributed by atoms with E-state index in [2.05, 4.69) is 10.2 Å². The summed E-state index contributed by atoms with van der Waals surface area (Å²) in [6.45, 7) is 0.809. The molecule has 2 aliphatic heterocycles. The lowest BCUT2D eigenvalue weighted by atomic mass is 10.1. The lowest BCUT2D eigenvalue weighted by Gasteiger charge is -2.38. The standard InChI is InChI=1S/C24H24F3N5O3/c25-24(26,27)15-8-11-21(31(35)12-15)30-13-16-9-10-17(14-30)32(16)22(33)7-3-6-20-18-4-1-2-5-19(18)23(34)29-28-20/h1-2,4-5,8,11-12,16-17H,3,6-7,9-10,13-14H2,(H,29,34). The molecule has 1 N–H and O–H groups in total. The Morgan fingerprint density at radius 3 is 2.46 bits per heavy atom. The third-order valence-corrected chi connectivity index (χ3v) is 6.89. The van der Waals surface area contributed by atoms with Crippen LogP contribution in [0.4, 0.5) is 19.0 Å². The first-order valence-corrected chi connectivity index (χ1v) is 11.5. The first-order valence-electron chi connectivity index (χ1n) is 11.5. The second-order valence-corrected chi connectivity index (χ2v) is 9.09. The number of rotatable bonds is 5. The number of hydrogen-bond donors (Lipinski definition) is 1. The van der Waals surface area contributed by atoms with Crippen LogP contribution in [0.25, 0.3) is 10.8 Å². The Morgan fingerprint density at radius 2 is 1.80 bits per heavy atom. The number of aryl methyl sites for hydroxylation is 1. The maximum atomic E-state index is 13.1. The Kier molecular flexibility index (Phi) is 5.86. The maximum absolute atomic E-state index is 13.1. The lowest BCUT2D eigenvalue weighted by molar-refractivity contribution is -0.593. The normalized spacial score (nSPS) is 20.0. The fourth-order valence-corrected chi connectivity index (χ4v) is 5.28. The monoisotopic (exact) mass is 487 g/mol. The number of carbonyl (C=O) groups excluding carboxylic acids is 1. The van der Waals surface area contributed by atoms with Gasteiger partial charge in [0.05, 0.1) is 28.7 Å². The number of benzene rings is 1. The van der Waals surface area contributed by atoms with Crippen molar-refractivity contribution in [3.8, 4) is 0 Å². The number of aromatic amines is 1. The average molecular weight is 487 g/mol. The predicted octanol–water partition coefficient (Wildman–Crippen LogP) is 2.78. The summed E-state index contributed by atoms with van der Waals surface area (Å²) in [4.78, 5) is 28.7. The molecule has 0 spiro atoms. The zero-order valence-electron chi connectivity index (χ0n) is 18.8. The van der Waals surface area contributed by atoms with E-state index >= 15 is 0 Å². The molecule has 1 aromatic carbocycles. The van der Waals surface area contributed by atoms with Crippen LogP contribution in [0.1, 0.15) is 36.9 Å². The van der Waals surface area contributed by atoms with E-state index in [0.717, 1.165) is 30.0 Å². The number of hydrogen-bond acceptors (Lipinski definition) is 5. The van der Waals surface area contributed by atoms with Crippen molar-refractivity contribution in [1.29, 1.82) is 0 Å². The number of halogens is 3. The zero-order valence-corrected chi connectivity index (χ0v) is 18.8. The molecule has 184 valence electrons. The number of pyridine rings is 1. The van der Waals surface area contributed by atoms with Crippen LogP contribution >= 0.6 is 0 Å². The molecule has 3 aromatic rings. The number of alkyl halides is 3. The fourth-order valence-electron chi connectivity index (χ4n) is 5.28. The van der Waals surface area contributed by atoms with E-state index in [4.69, 9.17) is 0 Å². The molecule has 2 fully saturated rings. The number of piperazine rings is 1. The minimum atomic E-state index is -4.58. The summed E-state index contributed by atoms with van der Waals surface area (Å²) >= 11 is 0. The van der Waals surface area contributed by atoms with Gasteiger partial charge in [-0.3, -0.25) is 14.5 Å². The molecule has 2 bridgehead atoms. The number of H-pyrrole nitrogens is 1. The molecule has 4 heterocycles. The number of carbonyl (C=O) groups is 1. The second-order valence-electron chi connectivity index (χ2n) is 9.09. The Hall–Kier alpha value is -3.63. The number of nitrogens with zero attached hydrogens (tertiary/aromatic N) is 4. The predicted molar refractivity (Wildman–Crippen MR) is 122 cm³/mol. The van der Waals surface area contributed by atoms with Gasteiger partial charge in [0.1, 0.15) is 19.3 Å². The van der Waals surface area contributed by atoms with Crippen molar-refractivity contribution in [3.63, 3.8) is 0 Å². The summed E-state index contributed by atoms with van der Waals surface area (Å²) in [5.41, 5.74) is -0.497. The van der Waals surface area contributed by atoms with Gasteiger partial charge in [-0.2, -0.15) is 18.3 Å². The van der Waals surface area contributed by atoms with Gasteiger partial charge in [-0.05, 0) is 37.8 Å². The molecule has 0 saturated carbocycles. The third kappa shape index (κ3) is 4.42. The van der Waals surface area contributed by atoms with Crippen LogP contribution in [0.3, 0.4) is 0 Å². The molecule has 8 nitrogen and oxygen atoms in total. The van der Waals surface area contributed by atoms with Crippen molar-refractivity contribution in [1.82, 2.24) is 15.1 Å². The first kappa shape index (κ1) is 23.1. The van der Waals surface area contributed by atoms with Gasteiger partial charge < -0.3 is 10.1 Å². The van der Waals surface area contributed by atoms with Crippen LogP contribution in [0.2, 0.25) is 0 Å². The van der Waals surface area contributed by atoms with Crippen LogP contribution in [-0.2, 0) is 17.4 Å². The van der Waals surface area contributed by atoms with Crippen LogP contribution in [0.5, 0.6) is 0 Å². The van der Waals surface area contributed by atoms with Crippen molar-refractivity contribution >= 4 is 22.5 Å². The summed E-state index contributed by atoms with van der Waals surface area (Å²) < 4.78 is 38.9. The van der Waals surface area contributed by atoms with Crippen molar-refractivity contribution in [2.75, 3.05) is 18.0 Å². The highest BCUT2D eigenvalue weighted by molar-refractivity contribution is 5.83. The number of amides is 1. The van der Waals surface area contributed by atoms with Crippen molar-refractivity contribution < 1.29 is 22.7 Å². The van der Waals surface area contributed by atoms with Gasteiger partial charge in [0.15, 0.2) is 0 Å². The molecular weight excluding hydrogens is 463 g/mol. The summed E-state index contributed by atoms with van der Waals surface area (Å²) in [7, 11) is 0. The van der Waals surface area contributed by atoms with E-state index in [1.807, 2.05) is 17.0 Å². The van der Waals surface area contributed by atoms with Gasteiger partial charge in [-0.25, -0.2) is 9.83 Å². The first-order chi connectivity index (χ1) is 16.7. The Morgan fingerprint density at radius 1 is 1.11 bits per heavy atom. The fraction of sp³-hybridized carbons (Fsp3) is 0.417. The largest absolute Gasteiger partial charge is 0.711 e. The van der Waals surface area contributed by atoms with Crippen molar-refractivity contribution in [2.45, 2.75) is 50.4 Å². The maximum Gasteiger partial charge on any atom is 0.419 e. The molecule has 5 rings (SSSR count). The zero-order chi connectivity index (χ0) is 24.7. The number of aromatic nitrogens is 3.